The van der Waals surface area contributed by atoms with Gasteiger partial charge in [0.1, 0.15) is 5.82 Å². The molecule has 1 aliphatic heterocycles. The highest BCUT2D eigenvalue weighted by atomic mass is 19.2. The molecule has 38 heavy (non-hydrogen) atoms. The van der Waals surface area contributed by atoms with Crippen LogP contribution >= 0.6 is 0 Å². The van der Waals surface area contributed by atoms with Gasteiger partial charge in [0.05, 0.1) is 17.0 Å². The van der Waals surface area contributed by atoms with Gasteiger partial charge in [-0.15, -0.1) is 0 Å². The number of rotatable bonds is 8. The highest BCUT2D eigenvalue weighted by molar-refractivity contribution is 6.37. The van der Waals surface area contributed by atoms with Crippen LogP contribution in [0.25, 0.3) is 11.3 Å². The molecule has 1 aliphatic rings. The SMILES string of the molecule is CC(=O)N(CCCN(C)C)c1ccc(NC(=C2C(=O)Nc3cc(F)ccc32)c2cc(F)c(F)c(F)c2)cc1. The van der Waals surface area contributed by atoms with Crippen molar-refractivity contribution in [2.24, 2.45) is 0 Å². The van der Waals surface area contributed by atoms with Gasteiger partial charge in [-0.3, -0.25) is 9.59 Å². The maximum atomic E-state index is 14.2. The number of carbonyl (C=O) groups is 2. The molecule has 3 aromatic rings. The van der Waals surface area contributed by atoms with Crippen molar-refractivity contribution in [3.8, 4) is 0 Å². The Morgan fingerprint density at radius 1 is 0.921 bits per heavy atom. The van der Waals surface area contributed by atoms with Crippen LogP contribution < -0.4 is 15.5 Å². The van der Waals surface area contributed by atoms with E-state index in [-0.39, 0.29) is 28.4 Å². The zero-order valence-corrected chi connectivity index (χ0v) is 21.0. The summed E-state index contributed by atoms with van der Waals surface area (Å²) in [5, 5.41) is 5.55. The van der Waals surface area contributed by atoms with Gasteiger partial charge in [0.25, 0.3) is 5.91 Å². The number of hydrogen-bond donors (Lipinski definition) is 2. The summed E-state index contributed by atoms with van der Waals surface area (Å²) in [4.78, 5) is 28.8. The van der Waals surface area contributed by atoms with Crippen LogP contribution in [0.2, 0.25) is 0 Å². The van der Waals surface area contributed by atoms with E-state index in [0.717, 1.165) is 37.2 Å². The van der Waals surface area contributed by atoms with Crippen molar-refractivity contribution in [2.75, 3.05) is 42.7 Å². The van der Waals surface area contributed by atoms with Gasteiger partial charge in [0.15, 0.2) is 17.5 Å². The van der Waals surface area contributed by atoms with Gasteiger partial charge in [-0.2, -0.15) is 0 Å². The molecule has 0 aromatic heterocycles. The van der Waals surface area contributed by atoms with Crippen molar-refractivity contribution < 1.29 is 27.2 Å². The minimum absolute atomic E-state index is 0.00327. The van der Waals surface area contributed by atoms with Gasteiger partial charge in [-0.05, 0) is 81.7 Å². The fourth-order valence-corrected chi connectivity index (χ4v) is 4.25. The lowest BCUT2D eigenvalue weighted by Gasteiger charge is -2.23. The second-order valence-electron chi connectivity index (χ2n) is 9.15. The van der Waals surface area contributed by atoms with Crippen LogP contribution in [-0.4, -0.2) is 43.9 Å². The first-order valence-corrected chi connectivity index (χ1v) is 11.9. The molecule has 2 N–H and O–H groups in total. The first-order chi connectivity index (χ1) is 18.0. The van der Waals surface area contributed by atoms with Gasteiger partial charge in [-0.1, -0.05) is 0 Å². The van der Waals surface area contributed by atoms with Crippen LogP contribution in [0.1, 0.15) is 24.5 Å². The first-order valence-electron chi connectivity index (χ1n) is 11.9. The molecule has 6 nitrogen and oxygen atoms in total. The third-order valence-corrected chi connectivity index (χ3v) is 6.06. The molecule has 1 heterocycles. The van der Waals surface area contributed by atoms with E-state index < -0.39 is 29.2 Å². The maximum absolute atomic E-state index is 14.2. The molecule has 0 radical (unpaired) electrons. The average Bonchev–Trinajstić information content (AvgIpc) is 3.18. The Balaban J connectivity index is 1.74. The van der Waals surface area contributed by atoms with E-state index >= 15 is 0 Å². The summed E-state index contributed by atoms with van der Waals surface area (Å²) >= 11 is 0. The van der Waals surface area contributed by atoms with Crippen molar-refractivity contribution in [2.45, 2.75) is 13.3 Å². The van der Waals surface area contributed by atoms with E-state index in [1.807, 2.05) is 19.0 Å². The summed E-state index contributed by atoms with van der Waals surface area (Å²) in [5.41, 5.74) is 1.45. The smallest absolute Gasteiger partial charge is 0.258 e. The van der Waals surface area contributed by atoms with Crippen LogP contribution in [0.3, 0.4) is 0 Å². The molecule has 3 aromatic carbocycles. The van der Waals surface area contributed by atoms with Gasteiger partial charge in [0.2, 0.25) is 5.91 Å². The van der Waals surface area contributed by atoms with Crippen molar-refractivity contribution in [3.63, 3.8) is 0 Å². The van der Waals surface area contributed by atoms with E-state index in [1.165, 1.54) is 13.0 Å². The van der Waals surface area contributed by atoms with Crippen molar-refractivity contribution in [1.82, 2.24) is 4.90 Å². The molecule has 0 unspecified atom stereocenters. The van der Waals surface area contributed by atoms with Gasteiger partial charge >= 0.3 is 0 Å². The molecule has 0 spiro atoms. The van der Waals surface area contributed by atoms with Crippen LogP contribution in [0.5, 0.6) is 0 Å². The number of anilines is 3. The second kappa shape index (κ2) is 11.1. The van der Waals surface area contributed by atoms with Crippen LogP contribution in [0.4, 0.5) is 34.6 Å². The van der Waals surface area contributed by atoms with Gasteiger partial charge < -0.3 is 20.4 Å². The zero-order chi connectivity index (χ0) is 27.6. The highest BCUT2D eigenvalue weighted by Gasteiger charge is 2.29. The van der Waals surface area contributed by atoms with E-state index in [0.29, 0.717) is 23.5 Å². The van der Waals surface area contributed by atoms with Gasteiger partial charge in [0, 0.05) is 36.0 Å². The van der Waals surface area contributed by atoms with Crippen molar-refractivity contribution in [3.05, 3.63) is 89.0 Å². The molecule has 0 atom stereocenters. The zero-order valence-electron chi connectivity index (χ0n) is 21.0. The fraction of sp³-hybridized carbons (Fsp3) is 0.214. The lowest BCUT2D eigenvalue weighted by Crippen LogP contribution is -2.31. The summed E-state index contributed by atoms with van der Waals surface area (Å²) < 4.78 is 55.8. The number of amides is 2. The van der Waals surface area contributed by atoms with E-state index in [1.54, 1.807) is 29.2 Å². The number of halogens is 4. The van der Waals surface area contributed by atoms with E-state index in [4.69, 9.17) is 0 Å². The van der Waals surface area contributed by atoms with Crippen molar-refractivity contribution in [1.29, 1.82) is 0 Å². The Bertz CT molecular complexity index is 1400. The third kappa shape index (κ3) is 5.70. The first kappa shape index (κ1) is 26.9. The number of carbonyl (C=O) groups excluding carboxylic acids is 2. The number of nitrogens with zero attached hydrogens (tertiary/aromatic N) is 2. The quantitative estimate of drug-likeness (QED) is 0.232. The molecule has 0 fully saturated rings. The fourth-order valence-electron chi connectivity index (χ4n) is 4.25. The molecule has 2 amide bonds. The molecule has 10 heteroatoms. The molecule has 4 rings (SSSR count). The van der Waals surface area contributed by atoms with Gasteiger partial charge in [-0.25, -0.2) is 17.6 Å². The summed E-state index contributed by atoms with van der Waals surface area (Å²) in [6, 6.07) is 11.9. The largest absolute Gasteiger partial charge is 0.354 e. The lowest BCUT2D eigenvalue weighted by molar-refractivity contribution is -0.116. The van der Waals surface area contributed by atoms with Crippen molar-refractivity contribution >= 4 is 40.1 Å². The molecule has 0 bridgehead atoms. The molecular weight excluding hydrogens is 500 g/mol. The second-order valence-corrected chi connectivity index (χ2v) is 9.15. The number of fused-ring (bicyclic) bond motifs is 1. The maximum Gasteiger partial charge on any atom is 0.258 e. The minimum atomic E-state index is -1.64. The number of nitrogens with one attached hydrogen (secondary N) is 2. The Morgan fingerprint density at radius 2 is 1.58 bits per heavy atom. The Labute approximate surface area is 217 Å². The predicted octanol–water partition coefficient (Wildman–Crippen LogP) is 5.48. The van der Waals surface area contributed by atoms with E-state index in [9.17, 15) is 27.2 Å². The highest BCUT2D eigenvalue weighted by Crippen LogP contribution is 2.38. The lowest BCUT2D eigenvalue weighted by atomic mass is 9.99. The Morgan fingerprint density at radius 3 is 2.18 bits per heavy atom. The Kier molecular flexibility index (Phi) is 7.82. The normalized spacial score (nSPS) is 13.8. The monoisotopic (exact) mass is 526 g/mol. The van der Waals surface area contributed by atoms with E-state index in [2.05, 4.69) is 10.6 Å². The molecule has 0 saturated heterocycles. The summed E-state index contributed by atoms with van der Waals surface area (Å²) in [5.74, 6) is -5.82. The molecule has 198 valence electrons. The minimum Gasteiger partial charge on any atom is -0.354 e. The summed E-state index contributed by atoms with van der Waals surface area (Å²) in [6.45, 7) is 2.79. The van der Waals surface area contributed by atoms with Crippen LogP contribution in [-0.2, 0) is 9.59 Å². The standard InChI is InChI=1S/C28H26F4N4O2/c1-16(37)36(12-4-11-35(2)3)20-8-6-19(7-9-20)33-27(17-13-22(30)26(32)23(31)14-17)25-21-10-5-18(29)15-24(21)34-28(25)38/h5-10,13-15,33H,4,11-12H2,1-3H3,(H,34,38). The predicted molar refractivity (Wildman–Crippen MR) is 139 cm³/mol. The molecule has 0 saturated carbocycles. The topological polar surface area (TPSA) is 64.7 Å². The summed E-state index contributed by atoms with van der Waals surface area (Å²) in [6.07, 6.45) is 0.764. The average molecular weight is 527 g/mol. The molecular formula is C28H26F4N4O2. The molecule has 0 aliphatic carbocycles. The van der Waals surface area contributed by atoms with Crippen LogP contribution in [0.15, 0.2) is 54.6 Å². The Hall–Kier alpha value is -4.18. The van der Waals surface area contributed by atoms with Crippen LogP contribution in [0, 0.1) is 23.3 Å². The summed E-state index contributed by atoms with van der Waals surface area (Å²) in [7, 11) is 3.89. The number of hydrogen-bond acceptors (Lipinski definition) is 4. The third-order valence-electron chi connectivity index (χ3n) is 6.06. The number of benzene rings is 3.